The zero-order valence-corrected chi connectivity index (χ0v) is 10.4. The van der Waals surface area contributed by atoms with E-state index in [0.29, 0.717) is 5.92 Å². The Morgan fingerprint density at radius 1 is 1.53 bits per heavy atom. The highest BCUT2D eigenvalue weighted by Crippen LogP contribution is 2.33. The van der Waals surface area contributed by atoms with E-state index in [4.69, 9.17) is 0 Å². The van der Waals surface area contributed by atoms with Crippen molar-refractivity contribution in [3.63, 3.8) is 0 Å². The van der Waals surface area contributed by atoms with Gasteiger partial charge in [-0.15, -0.1) is 0 Å². The molecule has 0 spiro atoms. The van der Waals surface area contributed by atoms with Crippen LogP contribution in [0.15, 0.2) is 28.7 Å². The first-order valence-electron chi connectivity index (χ1n) is 5.30. The van der Waals surface area contributed by atoms with Gasteiger partial charge in [0.1, 0.15) is 0 Å². The first kappa shape index (κ1) is 11.1. The van der Waals surface area contributed by atoms with Gasteiger partial charge in [-0.3, -0.25) is 0 Å². The molecule has 0 bridgehead atoms. The van der Waals surface area contributed by atoms with E-state index in [-0.39, 0.29) is 0 Å². The molecule has 1 aliphatic rings. The smallest absolute Gasteiger partial charge is 0.0909 e. The van der Waals surface area contributed by atoms with Crippen LogP contribution in [0, 0.1) is 5.92 Å². The molecular formula is C12H16BrNO. The molecule has 2 N–H and O–H groups in total. The summed E-state index contributed by atoms with van der Waals surface area (Å²) in [5.74, 6) is 0.312. The van der Waals surface area contributed by atoms with Gasteiger partial charge in [0.25, 0.3) is 0 Å². The molecule has 1 fully saturated rings. The lowest BCUT2D eigenvalue weighted by atomic mass is 9.82. The average molecular weight is 270 g/mol. The van der Waals surface area contributed by atoms with E-state index >= 15 is 0 Å². The predicted molar refractivity (Wildman–Crippen MR) is 64.7 cm³/mol. The molecule has 82 valence electrons. The summed E-state index contributed by atoms with van der Waals surface area (Å²) < 4.78 is 1.02. The SMILES string of the molecule is CC(O)(c1cccc(Br)c1)C1CCNC1. The van der Waals surface area contributed by atoms with Gasteiger partial charge < -0.3 is 10.4 Å². The van der Waals surface area contributed by atoms with E-state index in [1.54, 1.807) is 0 Å². The van der Waals surface area contributed by atoms with E-state index in [2.05, 4.69) is 21.2 Å². The average Bonchev–Trinajstić information content (AvgIpc) is 2.71. The normalized spacial score (nSPS) is 25.1. The number of hydrogen-bond acceptors (Lipinski definition) is 2. The molecule has 2 nitrogen and oxygen atoms in total. The van der Waals surface area contributed by atoms with E-state index < -0.39 is 5.60 Å². The van der Waals surface area contributed by atoms with Crippen molar-refractivity contribution in [2.24, 2.45) is 5.92 Å². The van der Waals surface area contributed by atoms with Gasteiger partial charge >= 0.3 is 0 Å². The molecule has 1 aliphatic heterocycles. The van der Waals surface area contributed by atoms with Crippen molar-refractivity contribution in [3.05, 3.63) is 34.3 Å². The molecule has 1 aromatic rings. The Balaban J connectivity index is 2.27. The summed E-state index contributed by atoms with van der Waals surface area (Å²) in [5.41, 5.74) is 0.262. The van der Waals surface area contributed by atoms with Gasteiger partial charge in [-0.1, -0.05) is 28.1 Å². The maximum absolute atomic E-state index is 10.5. The summed E-state index contributed by atoms with van der Waals surface area (Å²) in [4.78, 5) is 0. The number of rotatable bonds is 2. The molecular weight excluding hydrogens is 254 g/mol. The van der Waals surface area contributed by atoms with Crippen molar-refractivity contribution in [1.82, 2.24) is 5.32 Å². The van der Waals surface area contributed by atoms with Crippen LogP contribution in [-0.4, -0.2) is 18.2 Å². The molecule has 0 amide bonds. The standard InChI is InChI=1S/C12H16BrNO/c1-12(15,10-5-6-14-8-10)9-3-2-4-11(13)7-9/h2-4,7,10,14-15H,5-6,8H2,1H3. The Kier molecular flexibility index (Phi) is 3.14. The van der Waals surface area contributed by atoms with Gasteiger partial charge in [-0.05, 0) is 37.6 Å². The van der Waals surface area contributed by atoms with Crippen molar-refractivity contribution in [2.45, 2.75) is 18.9 Å². The van der Waals surface area contributed by atoms with Crippen molar-refractivity contribution in [3.8, 4) is 0 Å². The number of halogens is 1. The minimum atomic E-state index is -0.729. The molecule has 1 saturated heterocycles. The molecule has 1 aromatic carbocycles. The molecule has 0 saturated carbocycles. The lowest BCUT2D eigenvalue weighted by Crippen LogP contribution is -2.33. The summed E-state index contributed by atoms with van der Waals surface area (Å²) in [6, 6.07) is 7.93. The Morgan fingerprint density at radius 2 is 2.33 bits per heavy atom. The Morgan fingerprint density at radius 3 is 2.93 bits per heavy atom. The monoisotopic (exact) mass is 269 g/mol. The van der Waals surface area contributed by atoms with Gasteiger partial charge in [0, 0.05) is 16.9 Å². The zero-order chi connectivity index (χ0) is 10.9. The highest BCUT2D eigenvalue weighted by atomic mass is 79.9. The van der Waals surface area contributed by atoms with Gasteiger partial charge in [0.05, 0.1) is 5.60 Å². The van der Waals surface area contributed by atoms with Crippen LogP contribution in [0.5, 0.6) is 0 Å². The lowest BCUT2D eigenvalue weighted by molar-refractivity contribution is 0.00212. The number of benzene rings is 1. The maximum Gasteiger partial charge on any atom is 0.0909 e. The van der Waals surface area contributed by atoms with Crippen LogP contribution in [0.4, 0.5) is 0 Å². The van der Waals surface area contributed by atoms with Crippen LogP contribution in [0.1, 0.15) is 18.9 Å². The maximum atomic E-state index is 10.5. The van der Waals surface area contributed by atoms with E-state index in [1.807, 2.05) is 31.2 Å². The summed E-state index contributed by atoms with van der Waals surface area (Å²) in [6.07, 6.45) is 1.04. The number of nitrogens with one attached hydrogen (secondary N) is 1. The third-order valence-electron chi connectivity index (χ3n) is 3.26. The molecule has 0 aliphatic carbocycles. The largest absolute Gasteiger partial charge is 0.385 e. The third kappa shape index (κ3) is 2.25. The summed E-state index contributed by atoms with van der Waals surface area (Å²) in [7, 11) is 0. The Bertz CT molecular complexity index is 345. The van der Waals surface area contributed by atoms with Gasteiger partial charge in [-0.25, -0.2) is 0 Å². The molecule has 3 heteroatoms. The highest BCUT2D eigenvalue weighted by molar-refractivity contribution is 9.10. The molecule has 0 aromatic heterocycles. The first-order valence-corrected chi connectivity index (χ1v) is 6.09. The fourth-order valence-corrected chi connectivity index (χ4v) is 2.57. The third-order valence-corrected chi connectivity index (χ3v) is 3.76. The van der Waals surface area contributed by atoms with Crippen molar-refractivity contribution in [2.75, 3.05) is 13.1 Å². The predicted octanol–water partition coefficient (Wildman–Crippen LogP) is 2.27. The number of aliphatic hydroxyl groups is 1. The minimum Gasteiger partial charge on any atom is -0.385 e. The van der Waals surface area contributed by atoms with Crippen LogP contribution >= 0.6 is 15.9 Å². The second-order valence-electron chi connectivity index (χ2n) is 4.35. The lowest BCUT2D eigenvalue weighted by Gasteiger charge is -2.30. The number of hydrogen-bond donors (Lipinski definition) is 2. The molecule has 2 unspecified atom stereocenters. The van der Waals surface area contributed by atoms with E-state index in [9.17, 15) is 5.11 Å². The summed E-state index contributed by atoms with van der Waals surface area (Å²) in [6.45, 7) is 3.82. The van der Waals surface area contributed by atoms with Crippen LogP contribution in [0.2, 0.25) is 0 Å². The zero-order valence-electron chi connectivity index (χ0n) is 8.83. The van der Waals surface area contributed by atoms with Crippen LogP contribution in [0.25, 0.3) is 0 Å². The van der Waals surface area contributed by atoms with Gasteiger partial charge in [-0.2, -0.15) is 0 Å². The van der Waals surface area contributed by atoms with E-state index in [0.717, 1.165) is 29.5 Å². The molecule has 2 atom stereocenters. The second-order valence-corrected chi connectivity index (χ2v) is 5.26. The van der Waals surface area contributed by atoms with Crippen LogP contribution < -0.4 is 5.32 Å². The van der Waals surface area contributed by atoms with Crippen LogP contribution in [0.3, 0.4) is 0 Å². The van der Waals surface area contributed by atoms with Crippen molar-refractivity contribution < 1.29 is 5.11 Å². The summed E-state index contributed by atoms with van der Waals surface area (Å²) >= 11 is 3.44. The quantitative estimate of drug-likeness (QED) is 0.864. The topological polar surface area (TPSA) is 32.3 Å². The highest BCUT2D eigenvalue weighted by Gasteiger charge is 2.35. The van der Waals surface area contributed by atoms with Gasteiger partial charge in [0.15, 0.2) is 0 Å². The Hall–Kier alpha value is -0.380. The van der Waals surface area contributed by atoms with Crippen LogP contribution in [-0.2, 0) is 5.60 Å². The summed E-state index contributed by atoms with van der Waals surface area (Å²) in [5, 5.41) is 13.8. The van der Waals surface area contributed by atoms with Crippen molar-refractivity contribution in [1.29, 1.82) is 0 Å². The Labute approximate surface area is 98.8 Å². The molecule has 15 heavy (non-hydrogen) atoms. The minimum absolute atomic E-state index is 0.312. The molecule has 0 radical (unpaired) electrons. The van der Waals surface area contributed by atoms with Gasteiger partial charge in [0.2, 0.25) is 0 Å². The van der Waals surface area contributed by atoms with Crippen molar-refractivity contribution >= 4 is 15.9 Å². The first-order chi connectivity index (χ1) is 7.10. The second kappa shape index (κ2) is 4.24. The molecule has 1 heterocycles. The fraction of sp³-hybridized carbons (Fsp3) is 0.500. The molecule has 2 rings (SSSR count). The van der Waals surface area contributed by atoms with E-state index in [1.165, 1.54) is 0 Å². The fourth-order valence-electron chi connectivity index (χ4n) is 2.17.